The van der Waals surface area contributed by atoms with Crippen molar-refractivity contribution >= 4 is 11.9 Å². The second-order valence-corrected chi connectivity index (χ2v) is 8.05. The summed E-state index contributed by atoms with van der Waals surface area (Å²) in [5.74, 6) is -1.74. The second-order valence-electron chi connectivity index (χ2n) is 8.05. The number of ether oxygens (including phenoxy) is 1. The lowest BCUT2D eigenvalue weighted by atomic mass is 9.98. The Morgan fingerprint density at radius 2 is 1.73 bits per heavy atom. The molecular formula is C24H25F2N5O2. The molecule has 172 valence electrons. The topological polar surface area (TPSA) is 94.2 Å². The van der Waals surface area contributed by atoms with Crippen molar-refractivity contribution in [2.24, 2.45) is 11.7 Å². The van der Waals surface area contributed by atoms with Crippen molar-refractivity contribution in [1.29, 1.82) is 0 Å². The normalized spacial score (nSPS) is 14.3. The highest BCUT2D eigenvalue weighted by molar-refractivity contribution is 5.91. The summed E-state index contributed by atoms with van der Waals surface area (Å²) in [6.45, 7) is 3.81. The average Bonchev–Trinajstić information content (AvgIpc) is 2.84. The van der Waals surface area contributed by atoms with E-state index in [9.17, 15) is 13.6 Å². The number of nitrogens with zero attached hydrogens (tertiary/aromatic N) is 4. The number of pyridine rings is 1. The van der Waals surface area contributed by atoms with E-state index < -0.39 is 17.5 Å². The summed E-state index contributed by atoms with van der Waals surface area (Å²) < 4.78 is 34.8. The van der Waals surface area contributed by atoms with Crippen molar-refractivity contribution in [2.45, 2.75) is 26.2 Å². The van der Waals surface area contributed by atoms with E-state index in [1.54, 1.807) is 0 Å². The maximum Gasteiger partial charge on any atom is 0.267 e. The highest BCUT2D eigenvalue weighted by Crippen LogP contribution is 2.30. The van der Waals surface area contributed by atoms with Crippen molar-refractivity contribution < 1.29 is 18.3 Å². The van der Waals surface area contributed by atoms with Crippen LogP contribution in [0.1, 0.15) is 35.8 Å². The van der Waals surface area contributed by atoms with Crippen LogP contribution in [0.15, 0.2) is 42.9 Å². The first-order valence-electron chi connectivity index (χ1n) is 10.9. The van der Waals surface area contributed by atoms with E-state index in [0.29, 0.717) is 17.1 Å². The Morgan fingerprint density at radius 3 is 2.27 bits per heavy atom. The van der Waals surface area contributed by atoms with Crippen LogP contribution in [0.2, 0.25) is 0 Å². The monoisotopic (exact) mass is 453 g/mol. The molecule has 2 aromatic heterocycles. The van der Waals surface area contributed by atoms with Crippen LogP contribution in [0, 0.1) is 17.6 Å². The zero-order valence-corrected chi connectivity index (χ0v) is 18.3. The Bertz CT molecular complexity index is 1090. The molecule has 0 aliphatic carbocycles. The molecule has 1 fully saturated rings. The van der Waals surface area contributed by atoms with Crippen molar-refractivity contribution in [3.05, 3.63) is 65.7 Å². The highest BCUT2D eigenvalue weighted by atomic mass is 19.1. The standard InChI is InChI=1S/C24H25F2N5O2/c1-2-15-11-29-24(30-12-15)31-7-5-16(6-8-31)14-33-22-19(25)9-18(10-20(22)26)17-3-4-21(23(27)32)28-13-17/h3-4,9-13,16H,2,5-8,14H2,1H3,(H2,27,32). The number of carbonyl (C=O) groups is 1. The van der Waals surface area contributed by atoms with Gasteiger partial charge in [0.25, 0.3) is 5.91 Å². The molecule has 1 saturated heterocycles. The minimum absolute atomic E-state index is 0.0789. The number of aromatic nitrogens is 3. The van der Waals surface area contributed by atoms with Gasteiger partial charge in [-0.25, -0.2) is 18.7 Å². The molecule has 1 aromatic carbocycles. The Morgan fingerprint density at radius 1 is 1.06 bits per heavy atom. The molecule has 1 amide bonds. The number of halogens is 2. The average molecular weight is 453 g/mol. The van der Waals surface area contributed by atoms with Gasteiger partial charge in [0, 0.05) is 37.2 Å². The third-order valence-corrected chi connectivity index (χ3v) is 5.81. The summed E-state index contributed by atoms with van der Waals surface area (Å²) in [7, 11) is 0. The van der Waals surface area contributed by atoms with Crippen molar-refractivity contribution in [3.63, 3.8) is 0 Å². The Kier molecular flexibility index (Phi) is 6.76. The van der Waals surface area contributed by atoms with E-state index >= 15 is 0 Å². The largest absolute Gasteiger partial charge is 0.487 e. The van der Waals surface area contributed by atoms with Gasteiger partial charge in [-0.05, 0) is 54.5 Å². The number of hydrogen-bond donors (Lipinski definition) is 1. The number of aryl methyl sites for hydroxylation is 1. The lowest BCUT2D eigenvalue weighted by Gasteiger charge is -2.31. The summed E-state index contributed by atoms with van der Waals surface area (Å²) in [5, 5.41) is 0. The first-order valence-corrected chi connectivity index (χ1v) is 10.9. The van der Waals surface area contributed by atoms with Gasteiger partial charge in [-0.1, -0.05) is 13.0 Å². The zero-order chi connectivity index (χ0) is 23.4. The first-order chi connectivity index (χ1) is 15.9. The van der Waals surface area contributed by atoms with Gasteiger partial charge in [0.1, 0.15) is 5.69 Å². The molecule has 0 unspecified atom stereocenters. The molecule has 9 heteroatoms. The fourth-order valence-corrected chi connectivity index (χ4v) is 3.77. The molecule has 3 aromatic rings. The third kappa shape index (κ3) is 5.24. The molecule has 0 radical (unpaired) electrons. The number of hydrogen-bond acceptors (Lipinski definition) is 6. The molecule has 1 aliphatic heterocycles. The third-order valence-electron chi connectivity index (χ3n) is 5.81. The van der Waals surface area contributed by atoms with Crippen LogP contribution in [0.3, 0.4) is 0 Å². The van der Waals surface area contributed by atoms with E-state index in [1.807, 2.05) is 12.4 Å². The molecule has 1 aliphatic rings. The Hall–Kier alpha value is -3.62. The molecule has 0 saturated carbocycles. The summed E-state index contributed by atoms with van der Waals surface area (Å²) in [6.07, 6.45) is 7.56. The van der Waals surface area contributed by atoms with Crippen LogP contribution in [0.5, 0.6) is 5.75 Å². The lowest BCUT2D eigenvalue weighted by Crippen LogP contribution is -2.36. The van der Waals surface area contributed by atoms with Crippen molar-refractivity contribution in [1.82, 2.24) is 15.0 Å². The number of carbonyl (C=O) groups excluding carboxylic acids is 1. The molecule has 0 spiro atoms. The molecule has 3 heterocycles. The van der Waals surface area contributed by atoms with Gasteiger partial charge in [0.15, 0.2) is 17.4 Å². The van der Waals surface area contributed by atoms with Crippen LogP contribution < -0.4 is 15.4 Å². The summed E-state index contributed by atoms with van der Waals surface area (Å²) >= 11 is 0. The van der Waals surface area contributed by atoms with E-state index in [1.165, 1.54) is 30.5 Å². The van der Waals surface area contributed by atoms with E-state index in [4.69, 9.17) is 10.5 Å². The molecule has 33 heavy (non-hydrogen) atoms. The molecule has 4 rings (SSSR count). The molecule has 0 atom stereocenters. The molecule has 7 nitrogen and oxygen atoms in total. The van der Waals surface area contributed by atoms with Crippen LogP contribution in [-0.2, 0) is 6.42 Å². The Balaban J connectivity index is 1.35. The van der Waals surface area contributed by atoms with E-state index in [-0.39, 0.29) is 24.0 Å². The molecule has 2 N–H and O–H groups in total. The summed E-state index contributed by atoms with van der Waals surface area (Å²) in [6, 6.07) is 5.33. The number of anilines is 1. The van der Waals surface area contributed by atoms with E-state index in [0.717, 1.165) is 37.9 Å². The smallest absolute Gasteiger partial charge is 0.267 e. The van der Waals surface area contributed by atoms with Gasteiger partial charge in [0.05, 0.1) is 6.61 Å². The van der Waals surface area contributed by atoms with Crippen molar-refractivity contribution in [3.8, 4) is 16.9 Å². The van der Waals surface area contributed by atoms with Crippen LogP contribution in [0.4, 0.5) is 14.7 Å². The van der Waals surface area contributed by atoms with Gasteiger partial charge in [0.2, 0.25) is 5.95 Å². The van der Waals surface area contributed by atoms with Crippen LogP contribution in [0.25, 0.3) is 11.1 Å². The lowest BCUT2D eigenvalue weighted by molar-refractivity contribution is 0.0995. The number of piperidine rings is 1. The second kappa shape index (κ2) is 9.89. The van der Waals surface area contributed by atoms with Gasteiger partial charge in [-0.2, -0.15) is 0 Å². The molecule has 0 bridgehead atoms. The van der Waals surface area contributed by atoms with Crippen molar-refractivity contribution in [2.75, 3.05) is 24.6 Å². The maximum absolute atomic E-state index is 14.6. The van der Waals surface area contributed by atoms with Gasteiger partial charge in [-0.3, -0.25) is 9.78 Å². The first kappa shape index (κ1) is 22.6. The SMILES string of the molecule is CCc1cnc(N2CCC(COc3c(F)cc(-c4ccc(C(N)=O)nc4)cc3F)CC2)nc1. The minimum atomic E-state index is -0.786. The van der Waals surface area contributed by atoms with E-state index in [2.05, 4.69) is 26.8 Å². The zero-order valence-electron chi connectivity index (χ0n) is 18.3. The van der Waals surface area contributed by atoms with Gasteiger partial charge in [-0.15, -0.1) is 0 Å². The van der Waals surface area contributed by atoms with Gasteiger partial charge < -0.3 is 15.4 Å². The fraction of sp³-hybridized carbons (Fsp3) is 0.333. The predicted octanol–water partition coefficient (Wildman–Crippen LogP) is 3.77. The number of benzene rings is 1. The fourth-order valence-electron chi connectivity index (χ4n) is 3.77. The number of amides is 1. The number of primary amides is 1. The van der Waals surface area contributed by atoms with Crippen LogP contribution >= 0.6 is 0 Å². The maximum atomic E-state index is 14.6. The predicted molar refractivity (Wildman–Crippen MR) is 120 cm³/mol. The quantitative estimate of drug-likeness (QED) is 0.585. The summed E-state index contributed by atoms with van der Waals surface area (Å²) in [5.41, 5.74) is 7.10. The van der Waals surface area contributed by atoms with Gasteiger partial charge >= 0.3 is 0 Å². The summed E-state index contributed by atoms with van der Waals surface area (Å²) in [4.78, 5) is 26.0. The number of rotatable bonds is 7. The number of nitrogens with two attached hydrogens (primary N) is 1. The molecular weight excluding hydrogens is 428 g/mol. The van der Waals surface area contributed by atoms with Crippen LogP contribution in [-0.4, -0.2) is 40.6 Å². The Labute approximate surface area is 190 Å². The minimum Gasteiger partial charge on any atom is -0.487 e. The highest BCUT2D eigenvalue weighted by Gasteiger charge is 2.23.